The van der Waals surface area contributed by atoms with Crippen LogP contribution in [0.5, 0.6) is 0 Å². The van der Waals surface area contributed by atoms with Crippen molar-refractivity contribution in [2.45, 2.75) is 31.4 Å². The lowest BCUT2D eigenvalue weighted by atomic mass is 10.0. The van der Waals surface area contributed by atoms with Crippen molar-refractivity contribution in [2.24, 2.45) is 5.73 Å². The lowest BCUT2D eigenvalue weighted by Crippen LogP contribution is -2.45. The van der Waals surface area contributed by atoms with Gasteiger partial charge in [0.2, 0.25) is 5.91 Å². The molecule has 1 aromatic heterocycles. The topological polar surface area (TPSA) is 121 Å². The molecule has 1 aromatic carbocycles. The predicted molar refractivity (Wildman–Crippen MR) is 123 cm³/mol. The van der Waals surface area contributed by atoms with Crippen molar-refractivity contribution in [2.75, 3.05) is 36.0 Å². The fourth-order valence-electron chi connectivity index (χ4n) is 4.09. The molecule has 2 aliphatic heterocycles. The van der Waals surface area contributed by atoms with Crippen molar-refractivity contribution in [3.8, 4) is 0 Å². The Bertz CT molecular complexity index is 1100. The molecule has 0 spiro atoms. The second-order valence-corrected chi connectivity index (χ2v) is 8.29. The van der Waals surface area contributed by atoms with Crippen molar-refractivity contribution in [1.82, 2.24) is 15.3 Å². The summed E-state index contributed by atoms with van der Waals surface area (Å²) in [6.07, 6.45) is 5.24. The van der Waals surface area contributed by atoms with Crippen molar-refractivity contribution in [1.29, 1.82) is 0 Å². The number of nitrogens with zero attached hydrogens (tertiary/aromatic N) is 4. The quantitative estimate of drug-likeness (QED) is 0.536. The predicted octanol–water partition coefficient (Wildman–Crippen LogP) is 1.96. The van der Waals surface area contributed by atoms with Crippen LogP contribution in [0, 0.1) is 12.4 Å². The first-order valence-electron chi connectivity index (χ1n) is 11.0. The molecule has 0 unspecified atom stereocenters. The van der Waals surface area contributed by atoms with E-state index in [0.29, 0.717) is 30.9 Å². The van der Waals surface area contributed by atoms with Gasteiger partial charge in [0.25, 0.3) is 0 Å². The Labute approximate surface area is 196 Å². The maximum Gasteiger partial charge on any atom is 0.414 e. The smallest absolute Gasteiger partial charge is 0.414 e. The molecule has 2 atom stereocenters. The van der Waals surface area contributed by atoms with E-state index in [-0.39, 0.29) is 19.0 Å². The molecular weight excluding hydrogens is 441 g/mol. The normalized spacial score (nSPS) is 18.9. The van der Waals surface area contributed by atoms with E-state index in [9.17, 15) is 14.0 Å². The molecule has 2 aliphatic rings. The van der Waals surface area contributed by atoms with Gasteiger partial charge in [-0.2, -0.15) is 0 Å². The minimum Gasteiger partial charge on any atom is -0.442 e. The maximum atomic E-state index is 14.9. The number of nitrogens with two attached hydrogens (primary N) is 1. The number of aromatic amines is 1. The van der Waals surface area contributed by atoms with Crippen LogP contribution in [0.15, 0.2) is 42.5 Å². The van der Waals surface area contributed by atoms with Crippen LogP contribution in [0.25, 0.3) is 4.85 Å². The van der Waals surface area contributed by atoms with Crippen LogP contribution in [0.2, 0.25) is 0 Å². The lowest BCUT2D eigenvalue weighted by Gasteiger charge is -2.31. The maximum absolute atomic E-state index is 14.9. The molecule has 3 heterocycles. The highest BCUT2D eigenvalue weighted by Gasteiger charge is 2.33. The Balaban J connectivity index is 1.31. The molecule has 34 heavy (non-hydrogen) atoms. The number of ether oxygens (including phenoxy) is 1. The number of nitrogens with one attached hydrogen (secondary N) is 2. The molecule has 2 saturated heterocycles. The first-order valence-corrected chi connectivity index (χ1v) is 11.0. The van der Waals surface area contributed by atoms with Crippen LogP contribution in [0.1, 0.15) is 18.5 Å². The van der Waals surface area contributed by atoms with E-state index in [1.165, 1.54) is 17.3 Å². The molecule has 11 heteroatoms. The van der Waals surface area contributed by atoms with E-state index >= 15 is 0 Å². The van der Waals surface area contributed by atoms with Crippen LogP contribution >= 0.6 is 0 Å². The van der Waals surface area contributed by atoms with E-state index in [2.05, 4.69) is 20.1 Å². The summed E-state index contributed by atoms with van der Waals surface area (Å²) in [5.74, 6) is -0.792. The number of hydrogen-bond acceptors (Lipinski definition) is 6. The highest BCUT2D eigenvalue weighted by molar-refractivity contribution is 5.90. The zero-order chi connectivity index (χ0) is 24.1. The summed E-state index contributed by atoms with van der Waals surface area (Å²) in [7, 11) is 0. The summed E-state index contributed by atoms with van der Waals surface area (Å²) in [5.41, 5.74) is 8.59. The highest BCUT2D eigenvalue weighted by atomic mass is 19.1. The molecule has 0 aliphatic carbocycles. The summed E-state index contributed by atoms with van der Waals surface area (Å²) in [5, 5.41) is 2.70. The van der Waals surface area contributed by atoms with E-state index in [1.54, 1.807) is 24.5 Å². The number of halogens is 1. The third kappa shape index (κ3) is 5.35. The standard InChI is InChI=1S/C23H26FN7O3/c1-26-10-15-4-6-30(7-5-15)21-3-2-17(9-19(21)24)31-13-18(34-23(31)33)12-28-22(32)20(25)8-16-11-27-14-29-16/h2-3,9-11,14,18,20H,4-8,12-13,25H2,(H,27,29)(H,28,32)/t18-,20-/m0/s1. The zero-order valence-electron chi connectivity index (χ0n) is 18.5. The van der Waals surface area contributed by atoms with Crippen molar-refractivity contribution < 1.29 is 18.7 Å². The fourth-order valence-corrected chi connectivity index (χ4v) is 4.09. The first kappa shape index (κ1) is 23.3. The zero-order valence-corrected chi connectivity index (χ0v) is 18.5. The minimum atomic E-state index is -0.766. The molecule has 0 radical (unpaired) electrons. The average molecular weight is 468 g/mol. The second kappa shape index (κ2) is 10.4. The number of piperidine rings is 1. The lowest BCUT2D eigenvalue weighted by molar-refractivity contribution is -0.122. The van der Waals surface area contributed by atoms with Gasteiger partial charge in [-0.25, -0.2) is 19.0 Å². The number of carbonyl (C=O) groups excluding carboxylic acids is 2. The summed E-state index contributed by atoms with van der Waals surface area (Å²) in [6, 6.07) is 3.90. The molecule has 2 aromatic rings. The summed E-state index contributed by atoms with van der Waals surface area (Å²) >= 11 is 0. The highest BCUT2D eigenvalue weighted by Crippen LogP contribution is 2.30. The van der Waals surface area contributed by atoms with Crippen molar-refractivity contribution in [3.05, 3.63) is 65.4 Å². The van der Waals surface area contributed by atoms with Gasteiger partial charge >= 0.3 is 6.09 Å². The van der Waals surface area contributed by atoms with Gasteiger partial charge in [-0.05, 0) is 31.0 Å². The largest absolute Gasteiger partial charge is 0.442 e. The van der Waals surface area contributed by atoms with Gasteiger partial charge in [0.15, 0.2) is 6.20 Å². The number of H-pyrrole nitrogens is 1. The molecule has 4 N–H and O–H groups in total. The van der Waals surface area contributed by atoms with Gasteiger partial charge in [0.1, 0.15) is 11.9 Å². The SMILES string of the molecule is [C-]#[N+]C=C1CCN(c2ccc(N3C[C@H](CNC(=O)[C@@H](N)Cc4cnc[nH]4)OC3=O)cc2F)CC1. The van der Waals surface area contributed by atoms with Gasteiger partial charge in [0.05, 0.1) is 43.4 Å². The van der Waals surface area contributed by atoms with Gasteiger partial charge in [0, 0.05) is 31.4 Å². The number of benzene rings is 1. The fraction of sp³-hybridized carbons (Fsp3) is 0.391. The van der Waals surface area contributed by atoms with Crippen LogP contribution < -0.4 is 20.9 Å². The third-order valence-corrected chi connectivity index (χ3v) is 5.95. The molecule has 4 rings (SSSR count). The minimum absolute atomic E-state index is 0.104. The van der Waals surface area contributed by atoms with E-state index < -0.39 is 24.1 Å². The monoisotopic (exact) mass is 467 g/mol. The average Bonchev–Trinajstić information content (AvgIpc) is 3.47. The molecule has 2 amide bonds. The third-order valence-electron chi connectivity index (χ3n) is 5.95. The van der Waals surface area contributed by atoms with Gasteiger partial charge in [-0.15, -0.1) is 0 Å². The Morgan fingerprint density at radius 3 is 2.91 bits per heavy atom. The molecule has 178 valence electrons. The van der Waals surface area contributed by atoms with E-state index in [1.807, 2.05) is 4.90 Å². The molecule has 2 fully saturated rings. The van der Waals surface area contributed by atoms with Gasteiger partial charge in [-0.3, -0.25) is 9.69 Å². The van der Waals surface area contributed by atoms with E-state index in [0.717, 1.165) is 24.1 Å². The van der Waals surface area contributed by atoms with E-state index in [4.69, 9.17) is 17.0 Å². The molecule has 0 bridgehead atoms. The summed E-state index contributed by atoms with van der Waals surface area (Å²) in [6.45, 7) is 8.48. The number of imidazole rings is 1. The number of hydrogen-bond donors (Lipinski definition) is 3. The Morgan fingerprint density at radius 2 is 2.24 bits per heavy atom. The number of amides is 2. The van der Waals surface area contributed by atoms with Crippen LogP contribution in [-0.4, -0.2) is 60.3 Å². The Kier molecular flexibility index (Phi) is 7.08. The first-order chi connectivity index (χ1) is 16.4. The van der Waals surface area contributed by atoms with Crippen molar-refractivity contribution in [3.63, 3.8) is 0 Å². The molecule has 10 nitrogen and oxygen atoms in total. The number of rotatable bonds is 7. The number of anilines is 2. The van der Waals surface area contributed by atoms with Crippen LogP contribution in [0.4, 0.5) is 20.6 Å². The molecule has 0 saturated carbocycles. The number of cyclic esters (lactones) is 1. The van der Waals surface area contributed by atoms with Gasteiger partial charge < -0.3 is 25.7 Å². The van der Waals surface area contributed by atoms with Crippen molar-refractivity contribution >= 4 is 23.4 Å². The summed E-state index contributed by atoms with van der Waals surface area (Å²) in [4.78, 5) is 38.0. The second-order valence-electron chi connectivity index (χ2n) is 8.29. The number of carbonyl (C=O) groups is 2. The van der Waals surface area contributed by atoms with Crippen LogP contribution in [0.3, 0.4) is 0 Å². The number of aromatic nitrogens is 2. The Hall–Kier alpha value is -3.91. The van der Waals surface area contributed by atoms with Gasteiger partial charge in [-0.1, -0.05) is 5.57 Å². The van der Waals surface area contributed by atoms with Crippen LogP contribution in [-0.2, 0) is 16.0 Å². The molecular formula is C23H26FN7O3. The summed E-state index contributed by atoms with van der Waals surface area (Å²) < 4.78 is 20.2. The Morgan fingerprint density at radius 1 is 1.44 bits per heavy atom.